The smallest absolute Gasteiger partial charge is 0.475 e. The van der Waals surface area contributed by atoms with Crippen LogP contribution < -0.4 is 0 Å². The van der Waals surface area contributed by atoms with Crippen molar-refractivity contribution < 1.29 is 107 Å². The van der Waals surface area contributed by atoms with Gasteiger partial charge in [-0.1, -0.05) is 295 Å². The van der Waals surface area contributed by atoms with Crippen LogP contribution in [-0.4, -0.2) is 181 Å². The van der Waals surface area contributed by atoms with E-state index in [1.54, 1.807) is 13.4 Å². The molecule has 0 aromatic carbocycles. The monoisotopic (exact) mass is 1680 g/mol. The third kappa shape index (κ3) is 53.0. The number of unbranched alkanes of at least 4 members (excludes halogenated alkanes) is 36. The Hall–Kier alpha value is -2.09. The van der Waals surface area contributed by atoms with E-state index in [0.29, 0.717) is 19.6 Å². The topological polar surface area (TPSA) is 236 Å². The van der Waals surface area contributed by atoms with Gasteiger partial charge in [0, 0.05) is 34.0 Å². The van der Waals surface area contributed by atoms with E-state index in [1.807, 2.05) is 6.08 Å². The number of rotatable bonds is 87. The maximum atomic E-state index is 15.0. The molecule has 23 nitrogen and oxygen atoms in total. The van der Waals surface area contributed by atoms with Crippen LogP contribution in [0.2, 0.25) is 0 Å². The van der Waals surface area contributed by atoms with Gasteiger partial charge in [0.15, 0.2) is 18.7 Å². The summed E-state index contributed by atoms with van der Waals surface area (Å²) in [5.41, 5.74) is 0. The van der Waals surface area contributed by atoms with Crippen molar-refractivity contribution in [3.63, 3.8) is 0 Å². The summed E-state index contributed by atoms with van der Waals surface area (Å²) in [6.45, 7) is 30.2. The Bertz CT molecular complexity index is 2420. The first-order valence-corrected chi connectivity index (χ1v) is 48.8. The Balaban J connectivity index is 2.96. The molecule has 0 aromatic rings. The summed E-state index contributed by atoms with van der Waals surface area (Å²) in [6, 6.07) is 0. The van der Waals surface area contributed by atoms with E-state index in [-0.39, 0.29) is 92.0 Å². The average Bonchev–Trinajstić information content (AvgIpc) is 0.783. The lowest BCUT2D eigenvalue weighted by atomic mass is 9.97. The summed E-state index contributed by atoms with van der Waals surface area (Å²) >= 11 is 0. The van der Waals surface area contributed by atoms with E-state index in [9.17, 15) is 13.7 Å². The van der Waals surface area contributed by atoms with Gasteiger partial charge in [-0.2, -0.15) is 0 Å². The van der Waals surface area contributed by atoms with Gasteiger partial charge in [-0.25, -0.2) is 13.7 Å². The van der Waals surface area contributed by atoms with E-state index in [1.165, 1.54) is 198 Å². The van der Waals surface area contributed by atoms with Crippen LogP contribution in [0.25, 0.3) is 0 Å². The van der Waals surface area contributed by atoms with Gasteiger partial charge in [-0.15, -0.1) is 39.5 Å². The zero-order valence-corrected chi connectivity index (χ0v) is 74.9. The highest BCUT2D eigenvalue weighted by atomic mass is 31.2. The Kier molecular flexibility index (Phi) is 70.8. The van der Waals surface area contributed by atoms with Crippen molar-refractivity contribution in [3.05, 3.63) is 88.3 Å². The summed E-state index contributed by atoms with van der Waals surface area (Å²) < 4.78 is 170. The van der Waals surface area contributed by atoms with Crippen molar-refractivity contribution >= 4 is 23.5 Å². The molecule has 0 saturated carbocycles. The van der Waals surface area contributed by atoms with Crippen molar-refractivity contribution in [1.29, 1.82) is 0 Å². The predicted molar refractivity (Wildman–Crippen MR) is 458 cm³/mol. The first kappa shape index (κ1) is 108. The lowest BCUT2D eigenvalue weighted by Gasteiger charge is -2.48. The number of phosphoric ester groups is 3. The van der Waals surface area contributed by atoms with Crippen LogP contribution in [0.15, 0.2) is 88.3 Å². The lowest BCUT2D eigenvalue weighted by Crippen LogP contribution is -2.64. The molecule has 2 rings (SSSR count). The van der Waals surface area contributed by atoms with Crippen LogP contribution in [0, 0.1) is 0 Å². The number of phosphoric acid groups is 3. The molecule has 114 heavy (non-hydrogen) atoms. The molecule has 26 heteroatoms. The van der Waals surface area contributed by atoms with Crippen LogP contribution >= 0.6 is 23.5 Å². The molecule has 2 saturated heterocycles. The molecule has 668 valence electrons. The highest BCUT2D eigenvalue weighted by Crippen LogP contribution is 2.54. The molecule has 0 amide bonds. The summed E-state index contributed by atoms with van der Waals surface area (Å²) in [5.74, 6) is 0. The Morgan fingerprint density at radius 2 is 0.658 bits per heavy atom. The summed E-state index contributed by atoms with van der Waals surface area (Å²) in [4.78, 5) is 0. The predicted octanol–water partition coefficient (Wildman–Crippen LogP) is 24.0. The van der Waals surface area contributed by atoms with E-state index in [4.69, 9.17) is 92.8 Å². The van der Waals surface area contributed by atoms with Gasteiger partial charge in [-0.05, 0) is 44.6 Å². The highest BCUT2D eigenvalue weighted by Gasteiger charge is 2.54. The van der Waals surface area contributed by atoms with E-state index >= 15 is 0 Å². The maximum Gasteiger partial charge on any atom is 0.475 e. The van der Waals surface area contributed by atoms with Crippen molar-refractivity contribution in [2.45, 2.75) is 365 Å². The molecule has 0 radical (unpaired) electrons. The molecular weight excluding hydrogens is 1520 g/mol. The van der Waals surface area contributed by atoms with Crippen LogP contribution in [0.3, 0.4) is 0 Å². The largest absolute Gasteiger partial charge is 0.490 e. The van der Waals surface area contributed by atoms with Crippen molar-refractivity contribution in [2.24, 2.45) is 0 Å². The molecule has 0 aromatic heterocycles. The molecular formula is C88H163O23P3. The first-order valence-electron chi connectivity index (χ1n) is 44.4. The number of hydrogen-bond acceptors (Lipinski definition) is 23. The van der Waals surface area contributed by atoms with Crippen molar-refractivity contribution in [1.82, 2.24) is 0 Å². The van der Waals surface area contributed by atoms with Crippen LogP contribution in [0.1, 0.15) is 297 Å². The summed E-state index contributed by atoms with van der Waals surface area (Å²) in [7, 11) is -9.53. The molecule has 2 aliphatic heterocycles. The number of methoxy groups -OCH3 is 2. The zero-order valence-electron chi connectivity index (χ0n) is 72.2. The molecule has 2 heterocycles. The van der Waals surface area contributed by atoms with Gasteiger partial charge >= 0.3 is 23.5 Å². The number of ether oxygens (including phenoxy) is 11. The van der Waals surface area contributed by atoms with Crippen LogP contribution in [0.5, 0.6) is 0 Å². The molecule has 0 spiro atoms. The zero-order chi connectivity index (χ0) is 83.0. The minimum atomic E-state index is -4.46. The van der Waals surface area contributed by atoms with Gasteiger partial charge in [0.05, 0.1) is 91.6 Å². The van der Waals surface area contributed by atoms with E-state index < -0.39 is 84.9 Å². The minimum Gasteiger partial charge on any atom is -0.490 e. The quantitative estimate of drug-likeness (QED) is 0.0238. The molecule has 0 unspecified atom stereocenters. The standard InChI is InChI=1S/C88H163O23P3/c1-13-23-27-31-34-37-40-41-42-43-44-45-48-51-55-59-70-96-86-84(97-71-61-78(93-12)60-56-52-30-26-16-4)82(111-114(91,105-66-21-9)106-67-22-10)79(76-92-11)109-88(86)100-77-80-81(98-72-74-107-112(89,101-62-17-5)102-63-18-6)83(94-68-57-53-49-46-38-35-32-28-24-14-2)85(95-69-58-54-50-47-39-36-33-29-25-15-3)87(110-80)99-73-75-108-113(90,103-64-19-7)104-65-20-8/h17-22,59,70,78-88H,5-10,13-16,23-58,60-69,71-77H2,1-4,11-12H3/t78-,79+,80+,81+,82+,83-,84-,85+,86+,87-,88+/m0/s1. The van der Waals surface area contributed by atoms with Crippen molar-refractivity contribution in [2.75, 3.05) is 113 Å². The van der Waals surface area contributed by atoms with E-state index in [0.717, 1.165) is 109 Å². The molecule has 0 N–H and O–H groups in total. The minimum absolute atomic E-state index is 0.106. The molecule has 11 atom stereocenters. The molecule has 2 aliphatic rings. The van der Waals surface area contributed by atoms with Gasteiger partial charge in [-0.3, -0.25) is 40.7 Å². The molecule has 0 aliphatic carbocycles. The Labute approximate surface area is 693 Å². The van der Waals surface area contributed by atoms with Crippen LogP contribution in [0.4, 0.5) is 0 Å². The fourth-order valence-corrected chi connectivity index (χ4v) is 17.2. The fraction of sp³-hybridized carbons (Fsp3) is 0.841. The Morgan fingerprint density at radius 1 is 0.316 bits per heavy atom. The van der Waals surface area contributed by atoms with Gasteiger partial charge in [0.2, 0.25) is 0 Å². The molecule has 0 bridgehead atoms. The third-order valence-electron chi connectivity index (χ3n) is 19.9. The van der Waals surface area contributed by atoms with Gasteiger partial charge in [0.1, 0.15) is 42.7 Å². The first-order chi connectivity index (χ1) is 55.8. The highest BCUT2D eigenvalue weighted by molar-refractivity contribution is 7.49. The van der Waals surface area contributed by atoms with Crippen molar-refractivity contribution in [3.8, 4) is 0 Å². The Morgan fingerprint density at radius 3 is 1.07 bits per heavy atom. The maximum absolute atomic E-state index is 15.0. The summed E-state index contributed by atoms with van der Waals surface area (Å²) in [5, 5.41) is 0. The molecule has 2 fully saturated rings. The number of allylic oxidation sites excluding steroid dienone is 1. The second-order valence-corrected chi connectivity index (χ2v) is 34.7. The second kappa shape index (κ2) is 74.7. The fourth-order valence-electron chi connectivity index (χ4n) is 13.6. The summed E-state index contributed by atoms with van der Waals surface area (Å²) in [6.07, 6.45) is 48.5. The third-order valence-corrected chi connectivity index (χ3v) is 24.2. The SMILES string of the molecule is C=CCOP(=O)(OCC=C)OCCO[C@H]1O[C@H](CO[C@@H]2O[C@H](COC)[C@@H](OP(=O)(OCC=C)OCC=C)[C@H](OCC[C@H](CCCCCCC)OC)[C@H]2OC=CCCCCCCCCCCCCCCCC)[C@@H](OCCOP(=O)(OCC=C)OCC=C)[C@H](OCCCCCCCCCCCC)[C@H]1OCCCCCCCCCCCC. The van der Waals surface area contributed by atoms with E-state index in [2.05, 4.69) is 67.2 Å². The number of hydrogen-bond donors (Lipinski definition) is 0. The van der Waals surface area contributed by atoms with Crippen LogP contribution in [-0.2, 0) is 107 Å². The van der Waals surface area contributed by atoms with Gasteiger partial charge in [0.25, 0.3) is 0 Å². The average molecular weight is 1680 g/mol. The lowest BCUT2D eigenvalue weighted by molar-refractivity contribution is -0.344. The second-order valence-electron chi connectivity index (χ2n) is 29.7. The van der Waals surface area contributed by atoms with Gasteiger partial charge < -0.3 is 52.1 Å². The normalized spacial score (nSPS) is 20.5.